The summed E-state index contributed by atoms with van der Waals surface area (Å²) >= 11 is 3.17. The number of ether oxygens (including phenoxy) is 3. The van der Waals surface area contributed by atoms with Crippen LogP contribution in [0.4, 0.5) is 0 Å². The normalized spacial score (nSPS) is 11.6. The average Bonchev–Trinajstić information content (AvgIpc) is 2.36. The fourth-order valence-corrected chi connectivity index (χ4v) is 1.29. The van der Waals surface area contributed by atoms with Gasteiger partial charge in [-0.3, -0.25) is 0 Å². The number of carbonyl (C=O) groups is 2. The molecule has 0 saturated heterocycles. The van der Waals surface area contributed by atoms with Crippen molar-refractivity contribution in [2.24, 2.45) is 0 Å². The SMILES string of the molecule is COC(=O)/C=C/COC/C=C(\CBr)C(=O)OC. The number of esters is 2. The molecule has 0 aliphatic heterocycles. The molecule has 0 unspecified atom stereocenters. The molecule has 0 radical (unpaired) electrons. The van der Waals surface area contributed by atoms with E-state index in [0.29, 0.717) is 10.9 Å². The molecule has 0 aliphatic rings. The predicted octanol–water partition coefficient (Wildman–Crippen LogP) is 1.23. The van der Waals surface area contributed by atoms with Crippen LogP contribution in [0.15, 0.2) is 23.8 Å². The minimum atomic E-state index is -0.431. The molecule has 0 bridgehead atoms. The third-order valence-corrected chi connectivity index (χ3v) is 2.31. The van der Waals surface area contributed by atoms with Crippen molar-refractivity contribution in [2.45, 2.75) is 0 Å². The van der Waals surface area contributed by atoms with Crippen molar-refractivity contribution in [2.75, 3.05) is 32.8 Å². The van der Waals surface area contributed by atoms with Crippen molar-refractivity contribution in [1.29, 1.82) is 0 Å². The van der Waals surface area contributed by atoms with Gasteiger partial charge in [0.05, 0.1) is 27.4 Å². The summed E-state index contributed by atoms with van der Waals surface area (Å²) in [5, 5.41) is 0.404. The zero-order valence-electron chi connectivity index (χ0n) is 9.77. The first-order valence-corrected chi connectivity index (χ1v) is 5.93. The number of methoxy groups -OCH3 is 2. The molecule has 5 nitrogen and oxygen atoms in total. The van der Waals surface area contributed by atoms with Crippen LogP contribution in [0, 0.1) is 0 Å². The second-order valence-corrected chi connectivity index (χ2v) is 3.38. The van der Waals surface area contributed by atoms with E-state index in [0.717, 1.165) is 0 Å². The quantitative estimate of drug-likeness (QED) is 0.306. The fourth-order valence-electron chi connectivity index (χ4n) is 0.832. The Labute approximate surface area is 109 Å². The molecule has 0 aliphatic carbocycles. The van der Waals surface area contributed by atoms with Crippen LogP contribution in [0.5, 0.6) is 0 Å². The third-order valence-electron chi connectivity index (χ3n) is 1.71. The fraction of sp³-hybridized carbons (Fsp3) is 0.455. The number of hydrogen-bond donors (Lipinski definition) is 0. The average molecular weight is 307 g/mol. The molecule has 0 aromatic rings. The summed E-state index contributed by atoms with van der Waals surface area (Å²) in [4.78, 5) is 21.8. The largest absolute Gasteiger partial charge is 0.466 e. The lowest BCUT2D eigenvalue weighted by atomic mass is 10.3. The molecular weight excluding hydrogens is 292 g/mol. The molecule has 0 saturated carbocycles. The number of hydrogen-bond acceptors (Lipinski definition) is 5. The number of rotatable bonds is 7. The highest BCUT2D eigenvalue weighted by atomic mass is 79.9. The Morgan fingerprint density at radius 2 is 1.88 bits per heavy atom. The Bertz CT molecular complexity index is 309. The number of carbonyl (C=O) groups excluding carboxylic acids is 2. The minimum absolute atomic E-state index is 0.265. The number of halogens is 1. The summed E-state index contributed by atoms with van der Waals surface area (Å²) in [5.41, 5.74) is 0.490. The molecule has 0 amide bonds. The highest BCUT2D eigenvalue weighted by molar-refractivity contribution is 9.09. The lowest BCUT2D eigenvalue weighted by Crippen LogP contribution is -2.07. The molecule has 0 spiro atoms. The van der Waals surface area contributed by atoms with Crippen molar-refractivity contribution in [3.05, 3.63) is 23.8 Å². The van der Waals surface area contributed by atoms with Crippen LogP contribution < -0.4 is 0 Å². The summed E-state index contributed by atoms with van der Waals surface area (Å²) < 4.78 is 14.1. The van der Waals surface area contributed by atoms with Gasteiger partial charge < -0.3 is 14.2 Å². The zero-order valence-corrected chi connectivity index (χ0v) is 11.4. The Hall–Kier alpha value is -1.14. The van der Waals surface area contributed by atoms with Gasteiger partial charge in [-0.1, -0.05) is 22.0 Å². The smallest absolute Gasteiger partial charge is 0.334 e. The monoisotopic (exact) mass is 306 g/mol. The van der Waals surface area contributed by atoms with Gasteiger partial charge in [-0.15, -0.1) is 0 Å². The van der Waals surface area contributed by atoms with Crippen molar-refractivity contribution in [1.82, 2.24) is 0 Å². The Kier molecular flexibility index (Phi) is 9.37. The highest BCUT2D eigenvalue weighted by Crippen LogP contribution is 2.02. The van der Waals surface area contributed by atoms with E-state index in [4.69, 9.17) is 4.74 Å². The van der Waals surface area contributed by atoms with Gasteiger partial charge in [0.15, 0.2) is 0 Å². The van der Waals surface area contributed by atoms with E-state index in [-0.39, 0.29) is 13.2 Å². The molecule has 0 heterocycles. The Morgan fingerprint density at radius 1 is 1.18 bits per heavy atom. The van der Waals surface area contributed by atoms with E-state index >= 15 is 0 Å². The van der Waals surface area contributed by atoms with E-state index < -0.39 is 11.9 Å². The van der Waals surface area contributed by atoms with Crippen molar-refractivity contribution < 1.29 is 23.8 Å². The van der Waals surface area contributed by atoms with Crippen LogP contribution in [0.25, 0.3) is 0 Å². The molecule has 0 fully saturated rings. The molecule has 0 aromatic heterocycles. The standard InChI is InChI=1S/C11H15BrO5/c1-15-10(13)4-3-6-17-7-5-9(8-12)11(14)16-2/h3-5H,6-8H2,1-2H3/b4-3+,9-5+. The maximum Gasteiger partial charge on any atom is 0.334 e. The van der Waals surface area contributed by atoms with E-state index in [1.807, 2.05) is 0 Å². The molecular formula is C11H15BrO5. The van der Waals surface area contributed by atoms with Gasteiger partial charge in [0.1, 0.15) is 0 Å². The van der Waals surface area contributed by atoms with Gasteiger partial charge in [0, 0.05) is 17.0 Å². The van der Waals surface area contributed by atoms with E-state index in [1.54, 1.807) is 6.08 Å². The first-order chi connectivity index (χ1) is 8.15. The van der Waals surface area contributed by atoms with Crippen LogP contribution in [0.2, 0.25) is 0 Å². The molecule has 96 valence electrons. The van der Waals surface area contributed by atoms with Gasteiger partial charge in [0.25, 0.3) is 0 Å². The van der Waals surface area contributed by atoms with Crippen LogP contribution in [-0.2, 0) is 23.8 Å². The van der Waals surface area contributed by atoms with Gasteiger partial charge in [-0.2, -0.15) is 0 Å². The topological polar surface area (TPSA) is 61.8 Å². The van der Waals surface area contributed by atoms with E-state index in [1.165, 1.54) is 26.4 Å². The number of alkyl halides is 1. The summed E-state index contributed by atoms with van der Waals surface area (Å²) in [7, 11) is 2.62. The van der Waals surface area contributed by atoms with Gasteiger partial charge in [-0.25, -0.2) is 9.59 Å². The maximum atomic E-state index is 11.1. The lowest BCUT2D eigenvalue weighted by Gasteiger charge is -2.01. The van der Waals surface area contributed by atoms with Crippen LogP contribution in [-0.4, -0.2) is 44.7 Å². The van der Waals surface area contributed by atoms with Gasteiger partial charge >= 0.3 is 11.9 Å². The van der Waals surface area contributed by atoms with Crippen molar-refractivity contribution in [3.8, 4) is 0 Å². The molecule has 0 rings (SSSR count). The first-order valence-electron chi connectivity index (χ1n) is 4.81. The predicted molar refractivity (Wildman–Crippen MR) is 65.9 cm³/mol. The van der Waals surface area contributed by atoms with Gasteiger partial charge in [0.2, 0.25) is 0 Å². The second kappa shape index (κ2) is 10.0. The zero-order chi connectivity index (χ0) is 13.1. The summed E-state index contributed by atoms with van der Waals surface area (Å²) in [5.74, 6) is -0.824. The Morgan fingerprint density at radius 3 is 2.41 bits per heavy atom. The van der Waals surface area contributed by atoms with Crippen LogP contribution >= 0.6 is 15.9 Å². The van der Waals surface area contributed by atoms with Crippen molar-refractivity contribution in [3.63, 3.8) is 0 Å². The molecule has 17 heavy (non-hydrogen) atoms. The van der Waals surface area contributed by atoms with Crippen LogP contribution in [0.1, 0.15) is 0 Å². The summed E-state index contributed by atoms with van der Waals surface area (Å²) in [6.45, 7) is 0.532. The van der Waals surface area contributed by atoms with Crippen LogP contribution in [0.3, 0.4) is 0 Å². The maximum absolute atomic E-state index is 11.1. The van der Waals surface area contributed by atoms with E-state index in [9.17, 15) is 9.59 Å². The molecule has 0 aromatic carbocycles. The molecule has 0 atom stereocenters. The minimum Gasteiger partial charge on any atom is -0.466 e. The summed E-state index contributed by atoms with van der Waals surface area (Å²) in [6.07, 6.45) is 4.42. The summed E-state index contributed by atoms with van der Waals surface area (Å²) in [6, 6.07) is 0. The van der Waals surface area contributed by atoms with Crippen molar-refractivity contribution >= 4 is 27.9 Å². The second-order valence-electron chi connectivity index (χ2n) is 2.82. The van der Waals surface area contributed by atoms with E-state index in [2.05, 4.69) is 25.4 Å². The molecule has 6 heteroatoms. The first kappa shape index (κ1) is 15.9. The third kappa shape index (κ3) is 7.70. The molecule has 0 N–H and O–H groups in total. The highest BCUT2D eigenvalue weighted by Gasteiger charge is 2.06. The van der Waals surface area contributed by atoms with Gasteiger partial charge in [-0.05, 0) is 6.08 Å². The Balaban J connectivity index is 3.89. The lowest BCUT2D eigenvalue weighted by molar-refractivity contribution is -0.136.